The van der Waals surface area contributed by atoms with Gasteiger partial charge in [0.25, 0.3) is 0 Å². The highest BCUT2D eigenvalue weighted by Gasteiger charge is 2.22. The lowest BCUT2D eigenvalue weighted by Crippen LogP contribution is -2.14. The average molecular weight is 962 g/mol. The zero-order valence-corrected chi connectivity index (χ0v) is 45.1. The minimum atomic E-state index is -0.520. The summed E-state index contributed by atoms with van der Waals surface area (Å²) in [5, 5.41) is 4.78. The Morgan fingerprint density at radius 1 is 0.400 bits per heavy atom. The van der Waals surface area contributed by atoms with Crippen LogP contribution >= 0.6 is 45.3 Å². The molecule has 0 amide bonds. The highest BCUT2D eigenvalue weighted by Crippen LogP contribution is 2.37. The van der Waals surface area contributed by atoms with Crippen molar-refractivity contribution in [2.24, 2.45) is 0 Å². The van der Waals surface area contributed by atoms with Gasteiger partial charge in [-0.2, -0.15) is 0 Å². The second kappa shape index (κ2) is 31.3. The van der Waals surface area contributed by atoms with Crippen LogP contribution in [0.1, 0.15) is 238 Å². The molecule has 0 aliphatic carbocycles. The van der Waals surface area contributed by atoms with E-state index in [0.29, 0.717) is 0 Å². The van der Waals surface area contributed by atoms with Gasteiger partial charge in [0.05, 0.1) is 0 Å². The number of hydrogen-bond donors (Lipinski definition) is 0. The van der Waals surface area contributed by atoms with E-state index in [1.165, 1.54) is 115 Å². The maximum atomic E-state index is 13.4. The van der Waals surface area contributed by atoms with E-state index < -0.39 is 11.9 Å². The third-order valence-corrected chi connectivity index (χ3v) is 17.1. The van der Waals surface area contributed by atoms with E-state index in [9.17, 15) is 9.59 Å². The molecule has 0 bridgehead atoms. The molecule has 0 unspecified atom stereocenters. The van der Waals surface area contributed by atoms with Crippen molar-refractivity contribution in [1.82, 2.24) is 0 Å². The molecular weight excluding hydrogens is 877 g/mol. The highest BCUT2D eigenvalue weighted by molar-refractivity contribution is 7.14. The summed E-state index contributed by atoms with van der Waals surface area (Å²) in [4.78, 5) is 34.3. The quantitative estimate of drug-likeness (QED) is 0.0346. The Hall–Kier alpha value is -2.78. The van der Waals surface area contributed by atoms with Crippen LogP contribution in [-0.4, -0.2) is 11.9 Å². The lowest BCUT2D eigenvalue weighted by molar-refractivity contribution is -0.155. The van der Waals surface area contributed by atoms with Gasteiger partial charge in [0, 0.05) is 29.3 Å². The monoisotopic (exact) mass is 961 g/mol. The molecule has 0 aromatic carbocycles. The van der Waals surface area contributed by atoms with Crippen molar-refractivity contribution in [2.75, 3.05) is 0 Å². The zero-order chi connectivity index (χ0) is 46.8. The van der Waals surface area contributed by atoms with E-state index in [1.54, 1.807) is 22.7 Å². The summed E-state index contributed by atoms with van der Waals surface area (Å²) >= 11 is 7.30. The summed E-state index contributed by atoms with van der Waals surface area (Å²) in [5.74, 6) is -1.04. The number of esters is 2. The van der Waals surface area contributed by atoms with Gasteiger partial charge in [0.1, 0.15) is 19.6 Å². The van der Waals surface area contributed by atoms with Crippen LogP contribution in [0, 0.1) is 0 Å². The van der Waals surface area contributed by atoms with Gasteiger partial charge in [0.15, 0.2) is 0 Å². The minimum Gasteiger partial charge on any atom is -0.460 e. The summed E-state index contributed by atoms with van der Waals surface area (Å²) in [7, 11) is 0. The van der Waals surface area contributed by atoms with Crippen LogP contribution in [0.15, 0.2) is 10.8 Å². The lowest BCUT2D eigenvalue weighted by atomic mass is 9.97. The van der Waals surface area contributed by atoms with Crippen LogP contribution in [0.4, 0.5) is 0 Å². The molecule has 4 nitrogen and oxygen atoms in total. The van der Waals surface area contributed by atoms with Gasteiger partial charge in [-0.3, -0.25) is 9.59 Å². The Balaban J connectivity index is 1.51. The van der Waals surface area contributed by atoms with Crippen LogP contribution in [0.25, 0.3) is 24.3 Å². The summed E-state index contributed by atoms with van der Waals surface area (Å²) in [6.45, 7) is 18.5. The third-order valence-electron chi connectivity index (χ3n) is 12.6. The smallest absolute Gasteiger partial charge is 0.317 e. The van der Waals surface area contributed by atoms with Crippen molar-refractivity contribution >= 4 is 81.6 Å². The van der Waals surface area contributed by atoms with Crippen molar-refractivity contribution in [1.29, 1.82) is 0 Å². The summed E-state index contributed by atoms with van der Waals surface area (Å²) in [6.07, 6.45) is 36.2. The second-order valence-electron chi connectivity index (χ2n) is 17.9. The number of ether oxygens (including phenoxy) is 2. The average Bonchev–Trinajstić information content (AvgIpc) is 4.07. The minimum absolute atomic E-state index is 0.192. The number of aryl methyl sites for hydroxylation is 2. The number of carbonyl (C=O) groups is 2. The summed E-state index contributed by atoms with van der Waals surface area (Å²) in [5.41, 5.74) is 11.6. The molecule has 65 heavy (non-hydrogen) atoms. The zero-order valence-electron chi connectivity index (χ0n) is 41.8. The standard InChI is InChI=1S/C57H84O4S4/c1-9-17-25-42-40-62-50(44(42)27-19-11-3)33-35-52-46(29-21-13-5)48(31-23-15-7)54(64-52)38-60-56(58)37-57(59)61-39-55-49(32-24-16-8)47(30-22-14-6)53(65-55)36-34-51-45(28-20-12-4)43(41-63-51)26-18-10-2/h33-36,40-41H,9-32,37-39H2,1-8H3/b35-33+,36-34+. The molecule has 0 fully saturated rings. The maximum absolute atomic E-state index is 13.4. The van der Waals surface area contributed by atoms with Gasteiger partial charge in [-0.1, -0.05) is 107 Å². The molecule has 4 rings (SSSR count). The molecule has 0 atom stereocenters. The molecule has 0 radical (unpaired) electrons. The molecule has 8 heteroatoms. The molecule has 0 saturated heterocycles. The topological polar surface area (TPSA) is 52.6 Å². The first-order chi connectivity index (χ1) is 31.8. The van der Waals surface area contributed by atoms with Crippen molar-refractivity contribution in [3.63, 3.8) is 0 Å². The fourth-order valence-electron chi connectivity index (χ4n) is 8.58. The Morgan fingerprint density at radius 3 is 1.03 bits per heavy atom. The Bertz CT molecular complexity index is 1910. The van der Waals surface area contributed by atoms with E-state index >= 15 is 0 Å². The molecule has 0 aliphatic heterocycles. The largest absolute Gasteiger partial charge is 0.460 e. The molecule has 0 saturated carbocycles. The van der Waals surface area contributed by atoms with E-state index in [2.05, 4.69) is 90.5 Å². The Labute approximate surface area is 411 Å². The highest BCUT2D eigenvalue weighted by atomic mass is 32.1. The molecule has 0 N–H and O–H groups in total. The van der Waals surface area contributed by atoms with Gasteiger partial charge >= 0.3 is 11.9 Å². The van der Waals surface area contributed by atoms with Gasteiger partial charge in [0.2, 0.25) is 0 Å². The van der Waals surface area contributed by atoms with Gasteiger partial charge in [-0.15, -0.1) is 45.3 Å². The van der Waals surface area contributed by atoms with Crippen LogP contribution in [-0.2, 0) is 83.6 Å². The number of thiophene rings is 4. The van der Waals surface area contributed by atoms with E-state index in [1.807, 2.05) is 22.7 Å². The number of hydrogen-bond acceptors (Lipinski definition) is 8. The van der Waals surface area contributed by atoms with Crippen LogP contribution < -0.4 is 0 Å². The lowest BCUT2D eigenvalue weighted by Gasteiger charge is -2.10. The van der Waals surface area contributed by atoms with E-state index in [4.69, 9.17) is 9.47 Å². The van der Waals surface area contributed by atoms with Crippen molar-refractivity contribution < 1.29 is 19.1 Å². The van der Waals surface area contributed by atoms with Gasteiger partial charge < -0.3 is 9.47 Å². The van der Waals surface area contributed by atoms with E-state index in [0.717, 1.165) is 112 Å². The van der Waals surface area contributed by atoms with Crippen molar-refractivity contribution in [3.8, 4) is 0 Å². The first-order valence-electron chi connectivity index (χ1n) is 25.9. The fourth-order valence-corrected chi connectivity index (χ4v) is 13.1. The molecular formula is C57H84O4S4. The normalized spacial score (nSPS) is 11.8. The summed E-state index contributed by atoms with van der Waals surface area (Å²) < 4.78 is 11.9. The molecule has 0 spiro atoms. The summed E-state index contributed by atoms with van der Waals surface area (Å²) in [6, 6.07) is 0. The number of rotatable bonds is 34. The fraction of sp³-hybridized carbons (Fsp3) is 0.614. The van der Waals surface area contributed by atoms with Crippen LogP contribution in [0.5, 0.6) is 0 Å². The first kappa shape index (κ1) is 54.8. The Morgan fingerprint density at radius 2 is 0.692 bits per heavy atom. The molecule has 360 valence electrons. The predicted octanol–water partition coefficient (Wildman–Crippen LogP) is 18.2. The SMILES string of the molecule is CCCCc1csc(/C=C/c2sc(COC(=O)CC(=O)OCc3sc(/C=C/c4scc(CCCC)c4CCCC)c(CCCC)c3CCCC)c(CCCC)c2CCCC)c1CCCC. The van der Waals surface area contributed by atoms with Gasteiger partial charge in [-0.05, 0) is 182 Å². The maximum Gasteiger partial charge on any atom is 0.317 e. The number of carbonyl (C=O) groups excluding carboxylic acids is 2. The van der Waals surface area contributed by atoms with Crippen LogP contribution in [0.3, 0.4) is 0 Å². The molecule has 4 aromatic heterocycles. The van der Waals surface area contributed by atoms with Crippen molar-refractivity contribution in [3.05, 3.63) is 84.5 Å². The Kier molecular flexibility index (Phi) is 26.4. The van der Waals surface area contributed by atoms with E-state index in [-0.39, 0.29) is 19.6 Å². The number of unbranched alkanes of at least 4 members (excludes halogenated alkanes) is 8. The van der Waals surface area contributed by atoms with Gasteiger partial charge in [-0.25, -0.2) is 0 Å². The molecule has 4 aromatic rings. The second-order valence-corrected chi connectivity index (χ2v) is 22.0. The van der Waals surface area contributed by atoms with Crippen molar-refractivity contribution in [2.45, 2.75) is 229 Å². The predicted molar refractivity (Wildman–Crippen MR) is 288 cm³/mol. The first-order valence-corrected chi connectivity index (χ1v) is 29.3. The molecule has 0 aliphatic rings. The molecule has 4 heterocycles. The third kappa shape index (κ3) is 17.4. The van der Waals surface area contributed by atoms with Crippen LogP contribution in [0.2, 0.25) is 0 Å².